The number of hydrogen-bond acceptors (Lipinski definition) is 3. The molecular weight excluding hydrogens is 372 g/mol. The Morgan fingerprint density at radius 3 is 2.11 bits per heavy atom. The number of ether oxygens (including phenoxy) is 1. The number of para-hydroxylation sites is 1. The molecular formula is C22H30N2O3S. The minimum atomic E-state index is -3.82. The van der Waals surface area contributed by atoms with Crippen LogP contribution in [-0.2, 0) is 16.4 Å². The van der Waals surface area contributed by atoms with E-state index >= 15 is 0 Å². The van der Waals surface area contributed by atoms with Crippen molar-refractivity contribution in [3.63, 3.8) is 0 Å². The van der Waals surface area contributed by atoms with E-state index in [1.807, 2.05) is 63.8 Å². The van der Waals surface area contributed by atoms with E-state index in [9.17, 15) is 8.42 Å². The Morgan fingerprint density at radius 1 is 1.00 bits per heavy atom. The van der Waals surface area contributed by atoms with E-state index in [2.05, 4.69) is 4.40 Å². The second-order valence-electron chi connectivity index (χ2n) is 7.38. The maximum absolute atomic E-state index is 13.0. The lowest BCUT2D eigenvalue weighted by atomic mass is 10.1. The SMILES string of the molecule is COc1ccccc1C/C(=N/S(=O)(=O)c1ccc(C)cc1)N(C(C)C)C(C)C. The van der Waals surface area contributed by atoms with Crippen LogP contribution in [0, 0.1) is 6.92 Å². The van der Waals surface area contributed by atoms with Gasteiger partial charge in [0.25, 0.3) is 10.0 Å². The highest BCUT2D eigenvalue weighted by Crippen LogP contribution is 2.22. The summed E-state index contributed by atoms with van der Waals surface area (Å²) in [5, 5.41) is 0. The molecule has 0 N–H and O–H groups in total. The van der Waals surface area contributed by atoms with E-state index in [-0.39, 0.29) is 17.0 Å². The second kappa shape index (κ2) is 9.24. The highest BCUT2D eigenvalue weighted by molar-refractivity contribution is 7.90. The Morgan fingerprint density at radius 2 is 1.57 bits per heavy atom. The van der Waals surface area contributed by atoms with Gasteiger partial charge in [-0.05, 0) is 52.8 Å². The first-order valence-electron chi connectivity index (χ1n) is 9.46. The smallest absolute Gasteiger partial charge is 0.283 e. The van der Waals surface area contributed by atoms with Crippen LogP contribution in [0.2, 0.25) is 0 Å². The summed E-state index contributed by atoms with van der Waals surface area (Å²) in [5.74, 6) is 1.23. The topological polar surface area (TPSA) is 59.0 Å². The number of aryl methyl sites for hydroxylation is 1. The first-order valence-corrected chi connectivity index (χ1v) is 10.9. The van der Waals surface area contributed by atoms with Crippen LogP contribution < -0.4 is 4.74 Å². The number of methoxy groups -OCH3 is 1. The molecule has 0 saturated heterocycles. The van der Waals surface area contributed by atoms with Crippen LogP contribution in [0.15, 0.2) is 57.8 Å². The largest absolute Gasteiger partial charge is 0.496 e. The predicted octanol–water partition coefficient (Wildman–Crippen LogP) is 4.45. The molecule has 0 spiro atoms. The van der Waals surface area contributed by atoms with Gasteiger partial charge >= 0.3 is 0 Å². The maximum atomic E-state index is 13.0. The summed E-state index contributed by atoms with van der Waals surface area (Å²) in [7, 11) is -2.21. The Bertz CT molecular complexity index is 909. The van der Waals surface area contributed by atoms with E-state index in [0.717, 1.165) is 16.9 Å². The molecule has 0 radical (unpaired) electrons. The van der Waals surface area contributed by atoms with E-state index in [1.165, 1.54) is 0 Å². The molecule has 2 rings (SSSR count). The average molecular weight is 403 g/mol. The molecule has 0 saturated carbocycles. The summed E-state index contributed by atoms with van der Waals surface area (Å²) in [5.41, 5.74) is 1.90. The van der Waals surface area contributed by atoms with E-state index in [1.54, 1.807) is 31.4 Å². The molecule has 5 nitrogen and oxygen atoms in total. The molecule has 0 aromatic heterocycles. The monoisotopic (exact) mass is 402 g/mol. The summed E-state index contributed by atoms with van der Waals surface area (Å²) in [6, 6.07) is 14.6. The van der Waals surface area contributed by atoms with Gasteiger partial charge in [0.05, 0.1) is 12.0 Å². The molecule has 152 valence electrons. The fraction of sp³-hybridized carbons (Fsp3) is 0.409. The van der Waals surface area contributed by atoms with Gasteiger partial charge in [0.1, 0.15) is 11.6 Å². The van der Waals surface area contributed by atoms with Gasteiger partial charge in [-0.2, -0.15) is 8.42 Å². The molecule has 6 heteroatoms. The van der Waals surface area contributed by atoms with Crippen molar-refractivity contribution in [1.82, 2.24) is 4.90 Å². The van der Waals surface area contributed by atoms with E-state index in [0.29, 0.717) is 12.3 Å². The standard InChI is InChI=1S/C22H30N2O3S/c1-16(2)24(17(3)4)22(15-19-9-7-8-10-21(19)27-6)23-28(25,26)20-13-11-18(5)12-14-20/h7-14,16-17H,15H2,1-6H3/b23-22-. The Kier molecular flexibility index (Phi) is 7.24. The lowest BCUT2D eigenvalue weighted by molar-refractivity contribution is 0.288. The lowest BCUT2D eigenvalue weighted by Gasteiger charge is -2.34. The minimum absolute atomic E-state index is 0.0988. The Labute approximate surface area is 169 Å². The van der Waals surface area contributed by atoms with Gasteiger partial charge < -0.3 is 9.64 Å². The highest BCUT2D eigenvalue weighted by atomic mass is 32.2. The van der Waals surface area contributed by atoms with Crippen LogP contribution in [0.5, 0.6) is 5.75 Å². The third kappa shape index (κ3) is 5.35. The lowest BCUT2D eigenvalue weighted by Crippen LogP contribution is -2.43. The third-order valence-electron chi connectivity index (χ3n) is 4.50. The fourth-order valence-corrected chi connectivity index (χ4v) is 4.31. The van der Waals surface area contributed by atoms with E-state index < -0.39 is 10.0 Å². The number of rotatable bonds is 7. The number of hydrogen-bond donors (Lipinski definition) is 0. The summed E-state index contributed by atoms with van der Waals surface area (Å²) in [6.45, 7) is 10.1. The summed E-state index contributed by atoms with van der Waals surface area (Å²) in [6.07, 6.45) is 0.367. The van der Waals surface area contributed by atoms with Crippen LogP contribution in [0.4, 0.5) is 0 Å². The number of amidine groups is 1. The predicted molar refractivity (Wildman–Crippen MR) is 115 cm³/mol. The molecule has 28 heavy (non-hydrogen) atoms. The van der Waals surface area contributed by atoms with Gasteiger partial charge in [0.15, 0.2) is 0 Å². The number of sulfonamides is 1. The normalized spacial score (nSPS) is 12.5. The second-order valence-corrected chi connectivity index (χ2v) is 8.98. The van der Waals surface area contributed by atoms with Gasteiger partial charge in [0, 0.05) is 24.1 Å². The molecule has 2 aromatic carbocycles. The molecule has 0 heterocycles. The maximum Gasteiger partial charge on any atom is 0.283 e. The van der Waals surface area contributed by atoms with Gasteiger partial charge in [-0.25, -0.2) is 0 Å². The Hall–Kier alpha value is -2.34. The third-order valence-corrected chi connectivity index (χ3v) is 5.82. The molecule has 2 aromatic rings. The van der Waals surface area contributed by atoms with Crippen molar-refractivity contribution in [2.24, 2.45) is 4.40 Å². The van der Waals surface area contributed by atoms with Crippen molar-refractivity contribution in [3.8, 4) is 5.75 Å². The van der Waals surface area contributed by atoms with Crippen LogP contribution in [0.1, 0.15) is 38.8 Å². The number of nitrogens with zero attached hydrogens (tertiary/aromatic N) is 2. The van der Waals surface area contributed by atoms with Crippen molar-refractivity contribution >= 4 is 15.9 Å². The molecule has 0 aliphatic carbocycles. The van der Waals surface area contributed by atoms with Crippen LogP contribution in [0.25, 0.3) is 0 Å². The molecule has 0 bridgehead atoms. The van der Waals surface area contributed by atoms with Gasteiger partial charge in [-0.3, -0.25) is 0 Å². The quantitative estimate of drug-likeness (QED) is 0.507. The van der Waals surface area contributed by atoms with Crippen molar-refractivity contribution in [3.05, 3.63) is 59.7 Å². The highest BCUT2D eigenvalue weighted by Gasteiger charge is 2.23. The van der Waals surface area contributed by atoms with Crippen molar-refractivity contribution in [1.29, 1.82) is 0 Å². The van der Waals surface area contributed by atoms with Crippen LogP contribution >= 0.6 is 0 Å². The molecule has 0 aliphatic heterocycles. The molecule has 0 amide bonds. The van der Waals surface area contributed by atoms with Crippen LogP contribution in [0.3, 0.4) is 0 Å². The summed E-state index contributed by atoms with van der Waals surface area (Å²) < 4.78 is 35.7. The first-order chi connectivity index (χ1) is 13.2. The number of benzene rings is 2. The zero-order valence-corrected chi connectivity index (χ0v) is 18.3. The zero-order valence-electron chi connectivity index (χ0n) is 17.5. The minimum Gasteiger partial charge on any atom is -0.496 e. The van der Waals surface area contributed by atoms with Crippen molar-refractivity contribution in [2.75, 3.05) is 7.11 Å². The molecule has 0 unspecified atom stereocenters. The van der Waals surface area contributed by atoms with Crippen molar-refractivity contribution < 1.29 is 13.2 Å². The van der Waals surface area contributed by atoms with Gasteiger partial charge in [0.2, 0.25) is 0 Å². The summed E-state index contributed by atoms with van der Waals surface area (Å²) in [4.78, 5) is 2.24. The summed E-state index contributed by atoms with van der Waals surface area (Å²) >= 11 is 0. The Balaban J connectivity index is 2.56. The van der Waals surface area contributed by atoms with E-state index in [4.69, 9.17) is 4.74 Å². The first kappa shape index (κ1) is 22.0. The average Bonchev–Trinajstić information content (AvgIpc) is 2.61. The molecule has 0 fully saturated rings. The molecule has 0 atom stereocenters. The van der Waals surface area contributed by atoms with Crippen LogP contribution in [-0.4, -0.2) is 38.3 Å². The zero-order chi connectivity index (χ0) is 20.9. The van der Waals surface area contributed by atoms with Gasteiger partial charge in [-0.15, -0.1) is 4.40 Å². The molecule has 0 aliphatic rings. The fourth-order valence-electron chi connectivity index (χ4n) is 3.28. The van der Waals surface area contributed by atoms with Crippen molar-refractivity contribution in [2.45, 2.75) is 58.0 Å². The van der Waals surface area contributed by atoms with Gasteiger partial charge in [-0.1, -0.05) is 35.9 Å².